The van der Waals surface area contributed by atoms with Gasteiger partial charge in [-0.25, -0.2) is 0 Å². The monoisotopic (exact) mass is 296 g/mol. The van der Waals surface area contributed by atoms with E-state index in [2.05, 4.69) is 51.3 Å². The van der Waals surface area contributed by atoms with Gasteiger partial charge in [0.05, 0.1) is 0 Å². The third-order valence-corrected chi connectivity index (χ3v) is 5.53. The first-order chi connectivity index (χ1) is 9.13. The van der Waals surface area contributed by atoms with Crippen molar-refractivity contribution in [1.29, 1.82) is 0 Å². The smallest absolute Gasteiger partial charge is 0.127 e. The van der Waals surface area contributed by atoms with Crippen molar-refractivity contribution in [2.24, 2.45) is 11.8 Å². The minimum atomic E-state index is -0.179. The van der Waals surface area contributed by atoms with Gasteiger partial charge in [0.25, 0.3) is 0 Å². The Morgan fingerprint density at radius 1 is 0.947 bits per heavy atom. The normalized spacial score (nSPS) is 18.3. The molecule has 0 atom stereocenters. The maximum absolute atomic E-state index is 5.48. The molecule has 0 radical (unpaired) electrons. The Bertz CT molecular complexity index is 250. The molecule has 0 fully saturated rings. The summed E-state index contributed by atoms with van der Waals surface area (Å²) in [5.74, 6) is 1.50. The second-order valence-electron chi connectivity index (χ2n) is 5.43. The quantitative estimate of drug-likeness (QED) is 0.371. The van der Waals surface area contributed by atoms with Crippen LogP contribution in [0.2, 0.25) is 5.54 Å². The van der Waals surface area contributed by atoms with Crippen molar-refractivity contribution >= 4 is 19.9 Å². The first-order valence-corrected chi connectivity index (χ1v) is 10.2. The predicted molar refractivity (Wildman–Crippen MR) is 93.6 cm³/mol. The lowest BCUT2D eigenvalue weighted by Crippen LogP contribution is -1.83. The summed E-state index contributed by atoms with van der Waals surface area (Å²) >= 11 is 5.48. The summed E-state index contributed by atoms with van der Waals surface area (Å²) < 4.78 is 0. The minimum absolute atomic E-state index is 0.179. The molecule has 0 nitrogen and oxygen atoms in total. The van der Waals surface area contributed by atoms with Gasteiger partial charge in [-0.3, -0.25) is 0 Å². The number of rotatable bonds is 3. The van der Waals surface area contributed by atoms with Crippen LogP contribution in [0.1, 0.15) is 39.5 Å². The van der Waals surface area contributed by atoms with Gasteiger partial charge in [0.1, 0.15) is 8.83 Å². The zero-order valence-corrected chi connectivity index (χ0v) is 14.7. The summed E-state index contributed by atoms with van der Waals surface area (Å²) in [6, 6.07) is 0. The van der Waals surface area contributed by atoms with E-state index in [4.69, 9.17) is 11.1 Å². The Morgan fingerprint density at radius 2 is 1.21 bits per heavy atom. The number of hydrogen-bond donors (Lipinski definition) is 0. The van der Waals surface area contributed by atoms with Crippen LogP contribution < -0.4 is 0 Å². The zero-order chi connectivity index (χ0) is 14.5. The molecule has 0 aromatic rings. The van der Waals surface area contributed by atoms with Gasteiger partial charge in [-0.15, -0.1) is 13.2 Å². The molecule has 0 saturated heterocycles. The Kier molecular flexibility index (Phi) is 12.1. The van der Waals surface area contributed by atoms with Crippen molar-refractivity contribution in [2.45, 2.75) is 45.1 Å². The number of allylic oxidation sites excluding steroid dienone is 6. The Morgan fingerprint density at radius 3 is 1.32 bits per heavy atom. The van der Waals surface area contributed by atoms with E-state index in [1.165, 1.54) is 25.7 Å². The molecule has 0 aromatic heterocycles. The average molecular weight is 297 g/mol. The van der Waals surface area contributed by atoms with Crippen LogP contribution in [0.4, 0.5) is 0 Å². The fourth-order valence-electron chi connectivity index (χ4n) is 1.66. The van der Waals surface area contributed by atoms with Crippen molar-refractivity contribution in [3.8, 4) is 0 Å². The fraction of sp³-hybridized carbons (Fsp3) is 0.529. The Balaban J connectivity index is 0.000000261. The summed E-state index contributed by atoms with van der Waals surface area (Å²) in [7, 11) is -0.179. The largest absolute Gasteiger partial charge is 0.176 e. The van der Waals surface area contributed by atoms with E-state index < -0.39 is 0 Å². The lowest BCUT2D eigenvalue weighted by molar-refractivity contribution is 0.718. The van der Waals surface area contributed by atoms with Gasteiger partial charge in [0.2, 0.25) is 0 Å². The third kappa shape index (κ3) is 11.0. The first kappa shape index (κ1) is 18.5. The molecule has 2 heteroatoms. The van der Waals surface area contributed by atoms with Crippen molar-refractivity contribution in [2.75, 3.05) is 0 Å². The molecule has 0 heterocycles. The van der Waals surface area contributed by atoms with Gasteiger partial charge < -0.3 is 0 Å². The molecule has 0 saturated carbocycles. The van der Waals surface area contributed by atoms with Gasteiger partial charge in [-0.1, -0.05) is 50.3 Å². The molecular formula is C17H29ClSi. The van der Waals surface area contributed by atoms with Crippen LogP contribution >= 0.6 is 11.1 Å². The number of hydrogen-bond acceptors (Lipinski definition) is 0. The molecule has 0 aliphatic heterocycles. The zero-order valence-electron chi connectivity index (χ0n) is 12.5. The molecule has 2 aliphatic carbocycles. The molecule has 0 spiro atoms. The SMILES string of the molecule is C=CC1CC=CC1.C=CC1CC=CC1.CC(C)[SiH2]Cl. The van der Waals surface area contributed by atoms with E-state index in [9.17, 15) is 0 Å². The highest BCUT2D eigenvalue weighted by molar-refractivity contribution is 6.94. The Labute approximate surface area is 126 Å². The van der Waals surface area contributed by atoms with Crippen molar-refractivity contribution < 1.29 is 0 Å². The van der Waals surface area contributed by atoms with Gasteiger partial charge in [-0.05, 0) is 43.1 Å². The van der Waals surface area contributed by atoms with Gasteiger partial charge in [0, 0.05) is 0 Å². The van der Waals surface area contributed by atoms with Gasteiger partial charge >= 0.3 is 0 Å². The van der Waals surface area contributed by atoms with Crippen LogP contribution in [0.3, 0.4) is 0 Å². The molecule has 0 aromatic carbocycles. The van der Waals surface area contributed by atoms with Crippen LogP contribution in [0.15, 0.2) is 49.6 Å². The summed E-state index contributed by atoms with van der Waals surface area (Å²) in [4.78, 5) is 0. The third-order valence-electron chi connectivity index (χ3n) is 3.06. The molecule has 0 amide bonds. The fourth-order valence-corrected chi connectivity index (χ4v) is 1.66. The van der Waals surface area contributed by atoms with Crippen LogP contribution in [-0.4, -0.2) is 8.83 Å². The lowest BCUT2D eigenvalue weighted by Gasteiger charge is -1.95. The van der Waals surface area contributed by atoms with Crippen molar-refractivity contribution in [1.82, 2.24) is 0 Å². The maximum atomic E-state index is 5.48. The minimum Gasteiger partial charge on any atom is -0.176 e. The second-order valence-corrected chi connectivity index (χ2v) is 8.29. The van der Waals surface area contributed by atoms with Gasteiger partial charge in [-0.2, -0.15) is 11.1 Å². The van der Waals surface area contributed by atoms with Crippen LogP contribution in [0, 0.1) is 11.8 Å². The molecule has 0 bridgehead atoms. The molecule has 0 unspecified atom stereocenters. The summed E-state index contributed by atoms with van der Waals surface area (Å²) in [5.41, 5.74) is 0.789. The predicted octanol–water partition coefficient (Wildman–Crippen LogP) is 5.41. The maximum Gasteiger partial charge on any atom is 0.127 e. The average Bonchev–Trinajstić information content (AvgIpc) is 3.12. The molecular weight excluding hydrogens is 268 g/mol. The molecule has 2 aliphatic rings. The first-order valence-electron chi connectivity index (χ1n) is 7.25. The van der Waals surface area contributed by atoms with Crippen LogP contribution in [-0.2, 0) is 0 Å². The highest BCUT2D eigenvalue weighted by atomic mass is 35.6. The van der Waals surface area contributed by atoms with Gasteiger partial charge in [0.15, 0.2) is 0 Å². The van der Waals surface area contributed by atoms with E-state index >= 15 is 0 Å². The second kappa shape index (κ2) is 12.5. The molecule has 2 rings (SSSR count). The van der Waals surface area contributed by atoms with E-state index in [0.717, 1.165) is 17.4 Å². The standard InChI is InChI=1S/2C7H10.C3H9ClSi/c2*1-2-7-5-3-4-6-7;1-3(2)5-4/h2*2-4,7H,1,5-6H2;3H,5H2,1-2H3. The van der Waals surface area contributed by atoms with E-state index in [1.807, 2.05) is 12.2 Å². The molecule has 108 valence electrons. The summed E-state index contributed by atoms with van der Waals surface area (Å²) in [5, 5.41) is 0. The van der Waals surface area contributed by atoms with E-state index in [0.29, 0.717) is 0 Å². The molecule has 0 N–H and O–H groups in total. The summed E-state index contributed by atoms with van der Waals surface area (Å²) in [6.07, 6.45) is 17.8. The lowest BCUT2D eigenvalue weighted by atomic mass is 10.1. The number of halogens is 1. The van der Waals surface area contributed by atoms with E-state index in [1.54, 1.807) is 0 Å². The highest BCUT2D eigenvalue weighted by Crippen LogP contribution is 2.17. The van der Waals surface area contributed by atoms with Crippen molar-refractivity contribution in [3.05, 3.63) is 49.6 Å². The van der Waals surface area contributed by atoms with E-state index in [-0.39, 0.29) is 8.83 Å². The van der Waals surface area contributed by atoms with Crippen LogP contribution in [0.5, 0.6) is 0 Å². The van der Waals surface area contributed by atoms with Crippen molar-refractivity contribution in [3.63, 3.8) is 0 Å². The molecule has 19 heavy (non-hydrogen) atoms. The van der Waals surface area contributed by atoms with Crippen LogP contribution in [0.25, 0.3) is 0 Å². The topological polar surface area (TPSA) is 0 Å². The highest BCUT2D eigenvalue weighted by Gasteiger charge is 2.03. The Hall–Kier alpha value is -0.533. The summed E-state index contributed by atoms with van der Waals surface area (Å²) in [6.45, 7) is 11.7.